The highest BCUT2D eigenvalue weighted by Gasteiger charge is 2.21. The van der Waals surface area contributed by atoms with Gasteiger partial charge in [0.1, 0.15) is 0 Å². The predicted molar refractivity (Wildman–Crippen MR) is 172 cm³/mol. The molecule has 0 radical (unpaired) electrons. The number of aryl methyl sites for hydroxylation is 2. The number of hydrogen-bond donors (Lipinski definition) is 0. The molecule has 0 atom stereocenters. The third-order valence-corrected chi connectivity index (χ3v) is 8.45. The summed E-state index contributed by atoms with van der Waals surface area (Å²) in [6.07, 6.45) is 4.10. The summed E-state index contributed by atoms with van der Waals surface area (Å²) in [6.45, 7) is 19.1. The van der Waals surface area contributed by atoms with E-state index in [1.807, 2.05) is 12.1 Å². The number of fused-ring (bicyclic) bond motifs is 4. The van der Waals surface area contributed by atoms with Gasteiger partial charge in [0.15, 0.2) is 10.9 Å². The normalized spacial score (nSPS) is 12.8. The van der Waals surface area contributed by atoms with E-state index in [9.17, 15) is 9.59 Å². The number of unbranched alkanes of at least 4 members (excludes halogenated alkanes) is 2. The van der Waals surface area contributed by atoms with E-state index >= 15 is 0 Å². The van der Waals surface area contributed by atoms with Gasteiger partial charge in [-0.1, -0.05) is 80.4 Å². The van der Waals surface area contributed by atoms with Crippen LogP contribution in [0.15, 0.2) is 58.1 Å². The Labute approximate surface area is 237 Å². The highest BCUT2D eigenvalue weighted by atomic mass is 16.1. The minimum atomic E-state index is -0.0569. The molecule has 4 heteroatoms. The van der Waals surface area contributed by atoms with Crippen LogP contribution in [0.4, 0.5) is 0 Å². The van der Waals surface area contributed by atoms with Crippen LogP contribution in [-0.2, 0) is 23.9 Å². The standard InChI is InChI=1S/C36H44N2O2/c1-9-11-17-37-29-15-13-23(35(3,4)5)19-25(29)33(39)27-22-32-28(21-31(27)37)34(40)26-20-24(36(6,7)8)14-16-30(26)38(32)18-12-10-2/h13-16,19-22H,9-12,17-18H2,1-8H3. The van der Waals surface area contributed by atoms with Gasteiger partial charge >= 0.3 is 0 Å². The van der Waals surface area contributed by atoms with Gasteiger partial charge in [0.2, 0.25) is 0 Å². The molecule has 2 aromatic heterocycles. The molecule has 0 amide bonds. The highest BCUT2D eigenvalue weighted by Crippen LogP contribution is 2.31. The zero-order chi connectivity index (χ0) is 29.0. The minimum absolute atomic E-state index is 0.0448. The van der Waals surface area contributed by atoms with Gasteiger partial charge in [-0.3, -0.25) is 9.59 Å². The molecule has 0 N–H and O–H groups in total. The van der Waals surface area contributed by atoms with Crippen molar-refractivity contribution in [3.63, 3.8) is 0 Å². The van der Waals surface area contributed by atoms with Crippen LogP contribution < -0.4 is 10.9 Å². The fraction of sp³-hybridized carbons (Fsp3) is 0.444. The molecular weight excluding hydrogens is 492 g/mol. The molecule has 0 fully saturated rings. The summed E-state index contributed by atoms with van der Waals surface area (Å²) in [7, 11) is 0. The zero-order valence-corrected chi connectivity index (χ0v) is 25.6. The highest BCUT2D eigenvalue weighted by molar-refractivity contribution is 6.04. The monoisotopic (exact) mass is 536 g/mol. The van der Waals surface area contributed by atoms with Crippen molar-refractivity contribution in [3.05, 3.63) is 80.1 Å². The minimum Gasteiger partial charge on any atom is -0.340 e. The molecule has 4 nitrogen and oxygen atoms in total. The zero-order valence-electron chi connectivity index (χ0n) is 25.6. The molecular formula is C36H44N2O2. The molecule has 0 saturated carbocycles. The average Bonchev–Trinajstić information content (AvgIpc) is 2.91. The number of nitrogens with zero attached hydrogens (tertiary/aromatic N) is 2. The molecule has 0 saturated heterocycles. The lowest BCUT2D eigenvalue weighted by atomic mass is 9.86. The first-order valence-electron chi connectivity index (χ1n) is 15.0. The summed E-state index contributed by atoms with van der Waals surface area (Å²) in [5.74, 6) is 0. The average molecular weight is 537 g/mol. The van der Waals surface area contributed by atoms with Crippen LogP contribution in [0.1, 0.15) is 92.2 Å². The van der Waals surface area contributed by atoms with Crippen molar-refractivity contribution < 1.29 is 0 Å². The van der Waals surface area contributed by atoms with Gasteiger partial charge in [0.25, 0.3) is 0 Å². The van der Waals surface area contributed by atoms with Gasteiger partial charge in [-0.15, -0.1) is 0 Å². The molecule has 3 aromatic carbocycles. The molecule has 210 valence electrons. The quantitative estimate of drug-likeness (QED) is 0.204. The maximum atomic E-state index is 14.2. The third-order valence-electron chi connectivity index (χ3n) is 8.45. The Bertz CT molecular complexity index is 1740. The summed E-state index contributed by atoms with van der Waals surface area (Å²) in [5, 5.41) is 2.90. The van der Waals surface area contributed by atoms with Gasteiger partial charge in [0.05, 0.1) is 22.1 Å². The first kappa shape index (κ1) is 28.1. The number of pyridine rings is 2. The van der Waals surface area contributed by atoms with E-state index in [0.29, 0.717) is 10.8 Å². The van der Waals surface area contributed by atoms with Gasteiger partial charge in [-0.25, -0.2) is 0 Å². The number of benzene rings is 3. The molecule has 2 heterocycles. The molecule has 0 aliphatic heterocycles. The molecule has 40 heavy (non-hydrogen) atoms. The number of hydrogen-bond acceptors (Lipinski definition) is 2. The van der Waals surface area contributed by atoms with Crippen molar-refractivity contribution in [2.45, 2.75) is 105 Å². The summed E-state index contributed by atoms with van der Waals surface area (Å²) in [4.78, 5) is 28.3. The second-order valence-electron chi connectivity index (χ2n) is 13.5. The summed E-state index contributed by atoms with van der Waals surface area (Å²) in [5.41, 5.74) is 5.88. The lowest BCUT2D eigenvalue weighted by molar-refractivity contribution is 0.590. The van der Waals surface area contributed by atoms with Gasteiger partial charge in [0, 0.05) is 34.6 Å². The van der Waals surface area contributed by atoms with E-state index in [0.717, 1.165) is 82.7 Å². The fourth-order valence-corrected chi connectivity index (χ4v) is 5.89. The SMILES string of the molecule is CCCCn1c2ccc(C(C)(C)C)cc2c(=O)c2cc3c(cc21)c(=O)c1cc(C(C)(C)C)ccc1n3CCCC. The maximum absolute atomic E-state index is 14.2. The molecule has 0 bridgehead atoms. The first-order chi connectivity index (χ1) is 18.9. The lowest BCUT2D eigenvalue weighted by Gasteiger charge is -2.23. The van der Waals surface area contributed by atoms with Crippen LogP contribution in [0, 0.1) is 0 Å². The van der Waals surface area contributed by atoms with Crippen LogP contribution in [0.3, 0.4) is 0 Å². The van der Waals surface area contributed by atoms with E-state index in [2.05, 4.69) is 101 Å². The second kappa shape index (κ2) is 10.2. The Balaban J connectivity index is 1.97. The van der Waals surface area contributed by atoms with Crippen LogP contribution in [-0.4, -0.2) is 9.13 Å². The van der Waals surface area contributed by atoms with Gasteiger partial charge in [-0.05, 0) is 71.2 Å². The van der Waals surface area contributed by atoms with E-state index in [1.54, 1.807) is 0 Å². The number of rotatable bonds is 6. The molecule has 5 rings (SSSR count). The summed E-state index contributed by atoms with van der Waals surface area (Å²) < 4.78 is 4.54. The van der Waals surface area contributed by atoms with E-state index in [1.165, 1.54) is 0 Å². The van der Waals surface area contributed by atoms with Crippen molar-refractivity contribution in [2.24, 2.45) is 0 Å². The van der Waals surface area contributed by atoms with Crippen molar-refractivity contribution >= 4 is 43.6 Å². The second-order valence-corrected chi connectivity index (χ2v) is 13.5. The van der Waals surface area contributed by atoms with E-state index < -0.39 is 0 Å². The van der Waals surface area contributed by atoms with Crippen molar-refractivity contribution in [1.29, 1.82) is 0 Å². The van der Waals surface area contributed by atoms with Crippen molar-refractivity contribution in [3.8, 4) is 0 Å². The molecule has 0 aliphatic rings. The Kier molecular flexibility index (Phi) is 7.18. The Hall–Kier alpha value is -3.40. The first-order valence-corrected chi connectivity index (χ1v) is 15.0. The molecule has 0 unspecified atom stereocenters. The smallest absolute Gasteiger partial charge is 0.197 e. The molecule has 0 aliphatic carbocycles. The van der Waals surface area contributed by atoms with Gasteiger partial charge in [-0.2, -0.15) is 0 Å². The van der Waals surface area contributed by atoms with Crippen molar-refractivity contribution in [1.82, 2.24) is 9.13 Å². The number of aromatic nitrogens is 2. The van der Waals surface area contributed by atoms with Crippen LogP contribution in [0.25, 0.3) is 43.6 Å². The predicted octanol–water partition coefficient (Wildman–Crippen LogP) is 8.82. The maximum Gasteiger partial charge on any atom is 0.197 e. The fourth-order valence-electron chi connectivity index (χ4n) is 5.89. The largest absolute Gasteiger partial charge is 0.340 e. The van der Waals surface area contributed by atoms with Gasteiger partial charge < -0.3 is 9.13 Å². The Morgan fingerprint density at radius 3 is 1.20 bits per heavy atom. The van der Waals surface area contributed by atoms with Crippen LogP contribution in [0.5, 0.6) is 0 Å². The molecule has 5 aromatic rings. The van der Waals surface area contributed by atoms with E-state index in [-0.39, 0.29) is 21.7 Å². The van der Waals surface area contributed by atoms with E-state index in [4.69, 9.17) is 0 Å². The Morgan fingerprint density at radius 2 is 0.875 bits per heavy atom. The topological polar surface area (TPSA) is 44.0 Å². The summed E-state index contributed by atoms with van der Waals surface area (Å²) >= 11 is 0. The Morgan fingerprint density at radius 1 is 0.525 bits per heavy atom. The molecule has 0 spiro atoms. The summed E-state index contributed by atoms with van der Waals surface area (Å²) in [6, 6.07) is 16.7. The third kappa shape index (κ3) is 4.76. The van der Waals surface area contributed by atoms with Crippen LogP contribution >= 0.6 is 0 Å². The van der Waals surface area contributed by atoms with Crippen LogP contribution in [0.2, 0.25) is 0 Å². The van der Waals surface area contributed by atoms with Crippen molar-refractivity contribution in [2.75, 3.05) is 0 Å². The lowest BCUT2D eigenvalue weighted by Crippen LogP contribution is -2.18.